The summed E-state index contributed by atoms with van der Waals surface area (Å²) >= 11 is 0. The van der Waals surface area contributed by atoms with Crippen molar-refractivity contribution in [2.75, 3.05) is 6.54 Å². The molecule has 2 aromatic rings. The van der Waals surface area contributed by atoms with Crippen LogP contribution in [-0.4, -0.2) is 6.54 Å². The van der Waals surface area contributed by atoms with Crippen LogP contribution in [0.5, 0.6) is 0 Å². The largest absolute Gasteiger partial charge is 0.460 e. The van der Waals surface area contributed by atoms with E-state index in [-0.39, 0.29) is 24.8 Å². The van der Waals surface area contributed by atoms with Gasteiger partial charge in [-0.25, -0.2) is 4.39 Å². The van der Waals surface area contributed by atoms with Gasteiger partial charge in [0.1, 0.15) is 17.3 Å². The number of benzene rings is 1. The first-order valence-corrected chi connectivity index (χ1v) is 5.22. The van der Waals surface area contributed by atoms with Gasteiger partial charge >= 0.3 is 0 Å². The average Bonchev–Trinajstić information content (AvgIpc) is 2.79. The molecule has 0 aliphatic carbocycles. The number of nitriles is 1. The van der Waals surface area contributed by atoms with Gasteiger partial charge in [0.15, 0.2) is 0 Å². The smallest absolute Gasteiger partial charge is 0.134 e. The molecule has 2 rings (SSSR count). The number of nitrogens with zero attached hydrogens (tertiary/aromatic N) is 1. The molecule has 0 fully saturated rings. The summed E-state index contributed by atoms with van der Waals surface area (Å²) in [7, 11) is 0. The van der Waals surface area contributed by atoms with Crippen LogP contribution in [0, 0.1) is 17.1 Å². The molecule has 0 unspecified atom stereocenters. The van der Waals surface area contributed by atoms with Crippen LogP contribution in [-0.2, 0) is 6.54 Å². The highest BCUT2D eigenvalue weighted by Crippen LogP contribution is 2.22. The number of furan rings is 1. The topological polar surface area (TPSA) is 49.0 Å². The van der Waals surface area contributed by atoms with Crippen LogP contribution in [0.15, 0.2) is 40.8 Å². The normalized spacial score (nSPS) is 9.56. The molecule has 0 atom stereocenters. The van der Waals surface area contributed by atoms with Gasteiger partial charge in [-0.3, -0.25) is 5.32 Å². The summed E-state index contributed by atoms with van der Waals surface area (Å²) in [5.74, 6) is 1.18. The van der Waals surface area contributed by atoms with Crippen molar-refractivity contribution in [3.63, 3.8) is 0 Å². The fraction of sp³-hybridized carbons (Fsp3) is 0.154. The van der Waals surface area contributed by atoms with Crippen molar-refractivity contribution < 1.29 is 8.81 Å². The molecule has 18 heavy (non-hydrogen) atoms. The van der Waals surface area contributed by atoms with Crippen LogP contribution in [0.4, 0.5) is 4.39 Å². The van der Waals surface area contributed by atoms with Gasteiger partial charge in [0.05, 0.1) is 19.2 Å². The Morgan fingerprint density at radius 2 is 1.89 bits per heavy atom. The molecule has 0 amide bonds. The molecule has 3 nitrogen and oxygen atoms in total. The van der Waals surface area contributed by atoms with Gasteiger partial charge in [-0.2, -0.15) is 5.26 Å². The third-order valence-electron chi connectivity index (χ3n) is 2.29. The Bertz CT molecular complexity index is 531. The highest BCUT2D eigenvalue weighted by atomic mass is 35.5. The van der Waals surface area contributed by atoms with E-state index >= 15 is 0 Å². The van der Waals surface area contributed by atoms with E-state index in [0.29, 0.717) is 12.3 Å². The number of hydrogen-bond donors (Lipinski definition) is 1. The second kappa shape index (κ2) is 6.80. The van der Waals surface area contributed by atoms with E-state index in [9.17, 15) is 4.39 Å². The van der Waals surface area contributed by atoms with Gasteiger partial charge in [-0.05, 0) is 36.4 Å². The third kappa shape index (κ3) is 3.59. The van der Waals surface area contributed by atoms with E-state index < -0.39 is 0 Å². The van der Waals surface area contributed by atoms with Gasteiger partial charge in [-0.15, -0.1) is 12.4 Å². The quantitative estimate of drug-likeness (QED) is 0.683. The molecule has 0 spiro atoms. The first kappa shape index (κ1) is 14.2. The molecule has 94 valence electrons. The predicted octanol–water partition coefficient (Wildman–Crippen LogP) is 3.12. The predicted molar refractivity (Wildman–Crippen MR) is 68.7 cm³/mol. The summed E-state index contributed by atoms with van der Waals surface area (Å²) in [6.45, 7) is 0.793. The number of rotatable bonds is 4. The van der Waals surface area contributed by atoms with Crippen LogP contribution >= 0.6 is 12.4 Å². The van der Waals surface area contributed by atoms with Crippen molar-refractivity contribution in [1.29, 1.82) is 5.26 Å². The Labute approximate surface area is 111 Å². The summed E-state index contributed by atoms with van der Waals surface area (Å²) < 4.78 is 18.3. The highest BCUT2D eigenvalue weighted by Gasteiger charge is 2.04. The molecule has 1 heterocycles. The maximum atomic E-state index is 12.7. The van der Waals surface area contributed by atoms with Crippen LogP contribution in [0.25, 0.3) is 11.3 Å². The lowest BCUT2D eigenvalue weighted by Gasteiger charge is -1.98. The van der Waals surface area contributed by atoms with Crippen molar-refractivity contribution in [2.45, 2.75) is 6.54 Å². The minimum Gasteiger partial charge on any atom is -0.460 e. The molecule has 0 radical (unpaired) electrons. The molecule has 1 aromatic carbocycles. The zero-order chi connectivity index (χ0) is 12.1. The summed E-state index contributed by atoms with van der Waals surface area (Å²) in [5.41, 5.74) is 0.831. The molecule has 0 aliphatic rings. The van der Waals surface area contributed by atoms with Crippen LogP contribution in [0.1, 0.15) is 5.76 Å². The third-order valence-corrected chi connectivity index (χ3v) is 2.29. The maximum absolute atomic E-state index is 12.7. The van der Waals surface area contributed by atoms with Gasteiger partial charge in [0.25, 0.3) is 0 Å². The SMILES string of the molecule is Cl.N#CCNCc1ccc(-c2ccc(F)cc2)o1. The maximum Gasteiger partial charge on any atom is 0.134 e. The summed E-state index contributed by atoms with van der Waals surface area (Å²) in [6, 6.07) is 11.8. The molecule has 0 aliphatic heterocycles. The van der Waals surface area contributed by atoms with Crippen molar-refractivity contribution in [1.82, 2.24) is 5.32 Å². The van der Waals surface area contributed by atoms with Gasteiger partial charge in [0.2, 0.25) is 0 Å². The molecule has 5 heteroatoms. The first-order chi connectivity index (χ1) is 8.29. The first-order valence-electron chi connectivity index (χ1n) is 5.22. The lowest BCUT2D eigenvalue weighted by atomic mass is 10.2. The van der Waals surface area contributed by atoms with Crippen LogP contribution in [0.2, 0.25) is 0 Å². The minimum atomic E-state index is -0.267. The Hall–Kier alpha value is -1.83. The van der Waals surface area contributed by atoms with Crippen molar-refractivity contribution >= 4 is 12.4 Å². The van der Waals surface area contributed by atoms with E-state index in [0.717, 1.165) is 11.3 Å². The Balaban J connectivity index is 0.00000162. The molecular weight excluding hydrogens is 255 g/mol. The summed E-state index contributed by atoms with van der Waals surface area (Å²) in [4.78, 5) is 0. The van der Waals surface area contributed by atoms with Gasteiger partial charge < -0.3 is 4.42 Å². The highest BCUT2D eigenvalue weighted by molar-refractivity contribution is 5.85. The second-order valence-corrected chi connectivity index (χ2v) is 3.53. The fourth-order valence-electron chi connectivity index (χ4n) is 1.48. The van der Waals surface area contributed by atoms with E-state index in [4.69, 9.17) is 9.68 Å². The Morgan fingerprint density at radius 3 is 2.56 bits per heavy atom. The van der Waals surface area contributed by atoms with Crippen molar-refractivity contribution in [2.24, 2.45) is 0 Å². The molecule has 0 saturated heterocycles. The number of hydrogen-bond acceptors (Lipinski definition) is 3. The molecule has 0 saturated carbocycles. The van der Waals surface area contributed by atoms with E-state index in [1.54, 1.807) is 12.1 Å². The molecule has 1 N–H and O–H groups in total. The lowest BCUT2D eigenvalue weighted by molar-refractivity contribution is 0.502. The lowest BCUT2D eigenvalue weighted by Crippen LogP contribution is -2.12. The average molecular weight is 267 g/mol. The zero-order valence-electron chi connectivity index (χ0n) is 9.52. The summed E-state index contributed by atoms with van der Waals surface area (Å²) in [6.07, 6.45) is 0. The zero-order valence-corrected chi connectivity index (χ0v) is 10.3. The van der Waals surface area contributed by atoms with Gasteiger partial charge in [-0.1, -0.05) is 0 Å². The Kier molecular flexibility index (Phi) is 5.37. The van der Waals surface area contributed by atoms with Gasteiger partial charge in [0, 0.05) is 5.56 Å². The number of halogens is 2. The van der Waals surface area contributed by atoms with Crippen molar-refractivity contribution in [3.8, 4) is 17.4 Å². The van der Waals surface area contributed by atoms with E-state index in [1.807, 2.05) is 18.2 Å². The van der Waals surface area contributed by atoms with Crippen LogP contribution < -0.4 is 5.32 Å². The van der Waals surface area contributed by atoms with E-state index in [2.05, 4.69) is 5.32 Å². The number of nitrogens with one attached hydrogen (secondary N) is 1. The monoisotopic (exact) mass is 266 g/mol. The van der Waals surface area contributed by atoms with Crippen molar-refractivity contribution in [3.05, 3.63) is 48.0 Å². The minimum absolute atomic E-state index is 0. The molecular formula is C13H12ClFN2O. The standard InChI is InChI=1S/C13H11FN2O.ClH/c14-11-3-1-10(2-4-11)13-6-5-12(17-13)9-16-8-7-15;/h1-6,16H,8-9H2;1H. The van der Waals surface area contributed by atoms with E-state index in [1.165, 1.54) is 12.1 Å². The molecule has 0 bridgehead atoms. The Morgan fingerprint density at radius 1 is 1.17 bits per heavy atom. The van der Waals surface area contributed by atoms with Crippen LogP contribution in [0.3, 0.4) is 0 Å². The summed E-state index contributed by atoms with van der Waals surface area (Å²) in [5, 5.41) is 11.3. The molecule has 1 aromatic heterocycles. The fourth-order valence-corrected chi connectivity index (χ4v) is 1.48. The second-order valence-electron chi connectivity index (χ2n) is 3.53.